The third-order valence-electron chi connectivity index (χ3n) is 8.56. The van der Waals surface area contributed by atoms with Gasteiger partial charge in [0, 0.05) is 30.6 Å². The van der Waals surface area contributed by atoms with Crippen LogP contribution in [0.3, 0.4) is 0 Å². The van der Waals surface area contributed by atoms with Crippen molar-refractivity contribution in [3.8, 4) is 0 Å². The molecule has 0 aliphatic heterocycles. The molecule has 5 nitrogen and oxygen atoms in total. The first kappa shape index (κ1) is 19.5. The molecule has 4 rings (SSSR count). The quantitative estimate of drug-likeness (QED) is 0.680. The number of carbonyl (C=O) groups is 4. The maximum atomic E-state index is 13.9. The molecule has 0 spiro atoms. The van der Waals surface area contributed by atoms with Crippen LogP contribution in [0.1, 0.15) is 66.2 Å². The molecule has 0 bridgehead atoms. The van der Waals surface area contributed by atoms with Crippen LogP contribution in [-0.4, -0.2) is 29.4 Å². The van der Waals surface area contributed by atoms with Crippen LogP contribution in [-0.2, 0) is 23.9 Å². The zero-order valence-corrected chi connectivity index (χ0v) is 17.2. The van der Waals surface area contributed by atoms with Crippen molar-refractivity contribution in [1.82, 2.24) is 0 Å². The topological polar surface area (TPSA) is 77.5 Å². The summed E-state index contributed by atoms with van der Waals surface area (Å²) < 4.78 is 5.67. The lowest BCUT2D eigenvalue weighted by Crippen LogP contribution is -2.63. The number of esters is 1. The van der Waals surface area contributed by atoms with Crippen molar-refractivity contribution in [2.24, 2.45) is 34.5 Å². The van der Waals surface area contributed by atoms with Gasteiger partial charge in [-0.1, -0.05) is 19.4 Å². The maximum absolute atomic E-state index is 13.9. The van der Waals surface area contributed by atoms with Gasteiger partial charge in [-0.05, 0) is 62.4 Å². The van der Waals surface area contributed by atoms with Crippen molar-refractivity contribution in [3.63, 3.8) is 0 Å². The fourth-order valence-corrected chi connectivity index (χ4v) is 7.35. The Morgan fingerprint density at radius 1 is 1.07 bits per heavy atom. The van der Waals surface area contributed by atoms with Gasteiger partial charge in [-0.15, -0.1) is 0 Å². The van der Waals surface area contributed by atoms with E-state index in [1.54, 1.807) is 13.0 Å². The largest absolute Gasteiger partial charge is 0.454 e. The van der Waals surface area contributed by atoms with E-state index in [4.69, 9.17) is 4.74 Å². The Kier molecular flexibility index (Phi) is 4.44. The van der Waals surface area contributed by atoms with Crippen LogP contribution in [0.5, 0.6) is 0 Å². The Morgan fingerprint density at radius 3 is 2.43 bits per heavy atom. The van der Waals surface area contributed by atoms with Gasteiger partial charge >= 0.3 is 5.97 Å². The third-order valence-corrected chi connectivity index (χ3v) is 8.56. The molecule has 0 aromatic heterocycles. The third kappa shape index (κ3) is 2.50. The van der Waals surface area contributed by atoms with E-state index in [0.717, 1.165) is 31.3 Å². The summed E-state index contributed by atoms with van der Waals surface area (Å²) in [4.78, 5) is 50.2. The van der Waals surface area contributed by atoms with Gasteiger partial charge in [-0.3, -0.25) is 19.2 Å². The molecular formula is C23H30O5. The summed E-state index contributed by atoms with van der Waals surface area (Å²) in [6.45, 7) is 7.04. The van der Waals surface area contributed by atoms with Crippen molar-refractivity contribution in [1.29, 1.82) is 0 Å². The lowest BCUT2D eigenvalue weighted by molar-refractivity contribution is -0.186. The molecule has 7 atom stereocenters. The normalized spacial score (nSPS) is 44.9. The molecule has 4 aliphatic rings. The van der Waals surface area contributed by atoms with Crippen molar-refractivity contribution in [3.05, 3.63) is 11.6 Å². The number of ketones is 3. The molecule has 0 aromatic carbocycles. The van der Waals surface area contributed by atoms with E-state index in [9.17, 15) is 19.2 Å². The Labute approximate surface area is 166 Å². The molecule has 5 heteroatoms. The van der Waals surface area contributed by atoms with Crippen molar-refractivity contribution in [2.45, 2.75) is 72.3 Å². The molecule has 4 aliphatic carbocycles. The van der Waals surface area contributed by atoms with Crippen molar-refractivity contribution < 1.29 is 23.9 Å². The maximum Gasteiger partial charge on any atom is 0.303 e. The molecule has 3 saturated carbocycles. The molecule has 1 unspecified atom stereocenters. The van der Waals surface area contributed by atoms with Crippen molar-refractivity contribution in [2.75, 3.05) is 0 Å². The molecular weight excluding hydrogens is 356 g/mol. The number of ether oxygens (including phenoxy) is 1. The highest BCUT2D eigenvalue weighted by Crippen LogP contribution is 2.66. The van der Waals surface area contributed by atoms with E-state index in [-0.39, 0.29) is 46.4 Å². The minimum absolute atomic E-state index is 0.0328. The second-order valence-corrected chi connectivity index (χ2v) is 9.84. The molecule has 152 valence electrons. The summed E-state index contributed by atoms with van der Waals surface area (Å²) in [6.07, 6.45) is 5.37. The summed E-state index contributed by atoms with van der Waals surface area (Å²) >= 11 is 0. The Morgan fingerprint density at radius 2 is 1.79 bits per heavy atom. The Hall–Kier alpha value is -1.78. The standard InChI is InChI=1S/C23H30O5/c1-12(24)17-7-8-18-16-6-5-14-11-15(26)9-10-22(14,3)19(16)20(27)21(23(17,18)4)28-13(2)25/h11,16-19,21H,5-10H2,1-4H3/t16-,17+,18-,19+,21?,22-,23+/m0/s1. The summed E-state index contributed by atoms with van der Waals surface area (Å²) in [5.41, 5.74) is 0.115. The van der Waals surface area contributed by atoms with Crippen LogP contribution in [0.15, 0.2) is 11.6 Å². The highest BCUT2D eigenvalue weighted by atomic mass is 16.5. The van der Waals surface area contributed by atoms with Crippen LogP contribution < -0.4 is 0 Å². The average molecular weight is 386 g/mol. The summed E-state index contributed by atoms with van der Waals surface area (Å²) in [7, 11) is 0. The number of carbonyl (C=O) groups excluding carboxylic acids is 4. The van der Waals surface area contributed by atoms with Gasteiger partial charge in [0.15, 0.2) is 17.7 Å². The monoisotopic (exact) mass is 386 g/mol. The smallest absolute Gasteiger partial charge is 0.303 e. The number of allylic oxidation sites excluding steroid dienone is 1. The SMILES string of the molecule is CC(=O)OC1C(=O)[C@H]2[C@@H](CCC3=CC(=O)CC[C@@]32C)[C@@H]2CC[C@H](C(C)=O)[C@@]12C. The number of Topliss-reactive ketones (excluding diaryl/α,β-unsaturated/α-hetero) is 2. The first-order valence-electron chi connectivity index (χ1n) is 10.6. The number of hydrogen-bond donors (Lipinski definition) is 0. The number of hydrogen-bond acceptors (Lipinski definition) is 5. The summed E-state index contributed by atoms with van der Waals surface area (Å²) in [5.74, 6) is -0.393. The summed E-state index contributed by atoms with van der Waals surface area (Å²) in [5, 5.41) is 0. The van der Waals surface area contributed by atoms with Gasteiger partial charge < -0.3 is 4.74 Å². The lowest BCUT2D eigenvalue weighted by atomic mass is 9.45. The second kappa shape index (κ2) is 6.36. The van der Waals surface area contributed by atoms with E-state index >= 15 is 0 Å². The molecule has 0 amide bonds. The molecule has 0 N–H and O–H groups in total. The summed E-state index contributed by atoms with van der Waals surface area (Å²) in [6, 6.07) is 0. The van der Waals surface area contributed by atoms with Gasteiger partial charge in [-0.2, -0.15) is 0 Å². The molecule has 0 radical (unpaired) electrons. The predicted octanol–water partition coefficient (Wildman–Crippen LogP) is 3.44. The van der Waals surface area contributed by atoms with Crippen molar-refractivity contribution >= 4 is 23.3 Å². The first-order chi connectivity index (χ1) is 13.1. The number of fused-ring (bicyclic) bond motifs is 5. The zero-order valence-electron chi connectivity index (χ0n) is 17.2. The molecule has 28 heavy (non-hydrogen) atoms. The van der Waals surface area contributed by atoms with Gasteiger partial charge in [0.1, 0.15) is 5.78 Å². The van der Waals surface area contributed by atoms with E-state index in [2.05, 4.69) is 6.92 Å². The van der Waals surface area contributed by atoms with Crippen LogP contribution in [0.2, 0.25) is 0 Å². The van der Waals surface area contributed by atoms with Crippen LogP contribution >= 0.6 is 0 Å². The lowest BCUT2D eigenvalue weighted by Gasteiger charge is -2.58. The van der Waals surface area contributed by atoms with Gasteiger partial charge in [0.25, 0.3) is 0 Å². The fraction of sp³-hybridized carbons (Fsp3) is 0.739. The Balaban J connectivity index is 1.83. The van der Waals surface area contributed by atoms with E-state index < -0.39 is 17.5 Å². The highest BCUT2D eigenvalue weighted by Gasteiger charge is 2.68. The second-order valence-electron chi connectivity index (χ2n) is 9.84. The minimum atomic E-state index is -0.874. The van der Waals surface area contributed by atoms with Crippen LogP contribution in [0, 0.1) is 34.5 Å². The van der Waals surface area contributed by atoms with E-state index in [1.807, 2.05) is 6.92 Å². The zero-order chi connectivity index (χ0) is 20.4. The van der Waals surface area contributed by atoms with E-state index in [0.29, 0.717) is 12.8 Å². The highest BCUT2D eigenvalue weighted by molar-refractivity contribution is 5.95. The van der Waals surface area contributed by atoms with Gasteiger partial charge in [-0.25, -0.2) is 0 Å². The molecule has 0 aromatic rings. The molecule has 0 saturated heterocycles. The average Bonchev–Trinajstić information content (AvgIpc) is 2.97. The minimum Gasteiger partial charge on any atom is -0.454 e. The van der Waals surface area contributed by atoms with Crippen LogP contribution in [0.25, 0.3) is 0 Å². The van der Waals surface area contributed by atoms with Gasteiger partial charge in [0.2, 0.25) is 0 Å². The molecule has 3 fully saturated rings. The van der Waals surface area contributed by atoms with Gasteiger partial charge in [0.05, 0.1) is 0 Å². The number of rotatable bonds is 2. The first-order valence-corrected chi connectivity index (χ1v) is 10.6. The fourth-order valence-electron chi connectivity index (χ4n) is 7.35. The molecule has 0 heterocycles. The predicted molar refractivity (Wildman–Crippen MR) is 102 cm³/mol. The van der Waals surface area contributed by atoms with Crippen LogP contribution in [0.4, 0.5) is 0 Å². The Bertz CT molecular complexity index is 795. The van der Waals surface area contributed by atoms with E-state index in [1.165, 1.54) is 6.92 Å².